The van der Waals surface area contributed by atoms with Gasteiger partial charge < -0.3 is 10.2 Å². The summed E-state index contributed by atoms with van der Waals surface area (Å²) in [7, 11) is 0. The van der Waals surface area contributed by atoms with Crippen molar-refractivity contribution in [1.29, 1.82) is 0 Å². The number of pyridine rings is 1. The lowest BCUT2D eigenvalue weighted by Crippen LogP contribution is -2.54. The number of hydrogen-bond donors (Lipinski definition) is 1. The summed E-state index contributed by atoms with van der Waals surface area (Å²) in [6.07, 6.45) is 3.23. The molecule has 0 spiro atoms. The van der Waals surface area contributed by atoms with Gasteiger partial charge in [-0.3, -0.25) is 14.6 Å². The lowest BCUT2D eigenvalue weighted by Gasteiger charge is -2.31. The number of nitrogens with zero attached hydrogens (tertiary/aromatic N) is 2. The first-order chi connectivity index (χ1) is 11.0. The summed E-state index contributed by atoms with van der Waals surface area (Å²) in [5.74, 6) is -0.325. The maximum atomic E-state index is 12.6. The lowest BCUT2D eigenvalue weighted by molar-refractivity contribution is -0.124. The summed E-state index contributed by atoms with van der Waals surface area (Å²) in [5, 5.41) is 3.45. The predicted molar refractivity (Wildman–Crippen MR) is 88.2 cm³/mol. The molecule has 1 unspecified atom stereocenters. The van der Waals surface area contributed by atoms with Gasteiger partial charge in [0.05, 0.1) is 12.1 Å². The minimum Gasteiger partial charge on any atom is -0.350 e. The highest BCUT2D eigenvalue weighted by Gasteiger charge is 2.26. The van der Waals surface area contributed by atoms with Crippen LogP contribution >= 0.6 is 11.6 Å². The number of nitrogens with one attached hydrogen (secondary N) is 1. The normalized spacial score (nSPS) is 17.7. The molecule has 2 heterocycles. The number of hydrogen-bond acceptors (Lipinski definition) is 3. The molecule has 0 saturated carbocycles. The van der Waals surface area contributed by atoms with Crippen molar-refractivity contribution in [3.63, 3.8) is 0 Å². The van der Waals surface area contributed by atoms with E-state index in [-0.39, 0.29) is 24.4 Å². The third-order valence-electron chi connectivity index (χ3n) is 3.69. The highest BCUT2D eigenvalue weighted by molar-refractivity contribution is 6.30. The number of piperazine rings is 1. The molecular weight excluding hydrogens is 314 g/mol. The van der Waals surface area contributed by atoms with Crippen molar-refractivity contribution >= 4 is 23.4 Å². The van der Waals surface area contributed by atoms with Crippen LogP contribution in [-0.4, -0.2) is 40.8 Å². The Morgan fingerprint density at radius 2 is 2.00 bits per heavy atom. The molecular formula is C17H16ClN3O2. The molecule has 1 N–H and O–H groups in total. The second-order valence-corrected chi connectivity index (χ2v) is 6.06. The summed E-state index contributed by atoms with van der Waals surface area (Å²) < 4.78 is 0. The Labute approximate surface area is 139 Å². The Morgan fingerprint density at radius 1 is 1.26 bits per heavy atom. The quantitative estimate of drug-likeness (QED) is 0.920. The molecule has 1 aromatic heterocycles. The number of amides is 2. The van der Waals surface area contributed by atoms with E-state index in [1.807, 2.05) is 19.1 Å². The highest BCUT2D eigenvalue weighted by Crippen LogP contribution is 2.22. The maximum absolute atomic E-state index is 12.6. The highest BCUT2D eigenvalue weighted by atomic mass is 35.5. The average molecular weight is 330 g/mol. The van der Waals surface area contributed by atoms with E-state index in [9.17, 15) is 9.59 Å². The molecule has 2 amide bonds. The topological polar surface area (TPSA) is 62.3 Å². The van der Waals surface area contributed by atoms with Gasteiger partial charge in [0.25, 0.3) is 5.91 Å². The smallest absolute Gasteiger partial charge is 0.255 e. The van der Waals surface area contributed by atoms with Crippen LogP contribution in [0.25, 0.3) is 11.1 Å². The van der Waals surface area contributed by atoms with Crippen molar-refractivity contribution in [2.45, 2.75) is 13.0 Å². The zero-order chi connectivity index (χ0) is 16.4. The molecule has 5 nitrogen and oxygen atoms in total. The molecule has 1 fully saturated rings. The predicted octanol–water partition coefficient (Wildman–Crippen LogP) is 2.36. The maximum Gasteiger partial charge on any atom is 0.255 e. The Kier molecular flexibility index (Phi) is 4.30. The largest absolute Gasteiger partial charge is 0.350 e. The first-order valence-corrected chi connectivity index (χ1v) is 7.70. The van der Waals surface area contributed by atoms with E-state index in [1.165, 1.54) is 6.20 Å². The number of aromatic nitrogens is 1. The van der Waals surface area contributed by atoms with Crippen molar-refractivity contribution in [3.8, 4) is 11.1 Å². The SMILES string of the molecule is CC1CN(C(=O)c2cncc(-c3ccc(Cl)cc3)c2)CC(=O)N1. The van der Waals surface area contributed by atoms with Crippen molar-refractivity contribution in [2.24, 2.45) is 0 Å². The minimum absolute atomic E-state index is 0.0485. The minimum atomic E-state index is -0.185. The summed E-state index contributed by atoms with van der Waals surface area (Å²) in [4.78, 5) is 29.9. The number of halogens is 1. The van der Waals surface area contributed by atoms with Crippen LogP contribution < -0.4 is 5.32 Å². The van der Waals surface area contributed by atoms with Gasteiger partial charge in [0, 0.05) is 35.6 Å². The van der Waals surface area contributed by atoms with E-state index in [2.05, 4.69) is 10.3 Å². The second kappa shape index (κ2) is 6.38. The fourth-order valence-corrected chi connectivity index (χ4v) is 2.75. The molecule has 23 heavy (non-hydrogen) atoms. The second-order valence-electron chi connectivity index (χ2n) is 5.62. The van der Waals surface area contributed by atoms with Crippen LogP contribution in [0.4, 0.5) is 0 Å². The molecule has 0 bridgehead atoms. The van der Waals surface area contributed by atoms with Crippen molar-refractivity contribution in [2.75, 3.05) is 13.1 Å². The van der Waals surface area contributed by atoms with Gasteiger partial charge in [-0.2, -0.15) is 0 Å². The Balaban J connectivity index is 1.85. The molecule has 3 rings (SSSR count). The fraction of sp³-hybridized carbons (Fsp3) is 0.235. The first kappa shape index (κ1) is 15.5. The van der Waals surface area contributed by atoms with Crippen molar-refractivity contribution in [3.05, 3.63) is 53.3 Å². The van der Waals surface area contributed by atoms with Gasteiger partial charge in [-0.15, -0.1) is 0 Å². The summed E-state index contributed by atoms with van der Waals surface area (Å²) >= 11 is 5.90. The number of rotatable bonds is 2. The zero-order valence-electron chi connectivity index (χ0n) is 12.6. The third-order valence-corrected chi connectivity index (χ3v) is 3.94. The number of carbonyl (C=O) groups excluding carboxylic acids is 2. The summed E-state index contributed by atoms with van der Waals surface area (Å²) in [5.41, 5.74) is 2.24. The van der Waals surface area contributed by atoms with E-state index in [4.69, 9.17) is 11.6 Å². The van der Waals surface area contributed by atoms with E-state index in [1.54, 1.807) is 29.3 Å². The molecule has 1 aromatic carbocycles. The lowest BCUT2D eigenvalue weighted by atomic mass is 10.1. The van der Waals surface area contributed by atoms with E-state index < -0.39 is 0 Å². The summed E-state index contributed by atoms with van der Waals surface area (Å²) in [6.45, 7) is 2.45. The van der Waals surface area contributed by atoms with Crippen LogP contribution in [0.1, 0.15) is 17.3 Å². The van der Waals surface area contributed by atoms with Crippen LogP contribution in [-0.2, 0) is 4.79 Å². The molecule has 0 aliphatic carbocycles. The van der Waals surface area contributed by atoms with Crippen molar-refractivity contribution < 1.29 is 9.59 Å². The van der Waals surface area contributed by atoms with Gasteiger partial charge in [-0.1, -0.05) is 23.7 Å². The van der Waals surface area contributed by atoms with Gasteiger partial charge in [-0.25, -0.2) is 0 Å². The van der Waals surface area contributed by atoms with Crippen molar-refractivity contribution in [1.82, 2.24) is 15.2 Å². The molecule has 2 aromatic rings. The molecule has 1 atom stereocenters. The van der Waals surface area contributed by atoms with Gasteiger partial charge in [-0.05, 0) is 30.7 Å². The van der Waals surface area contributed by atoms with Crippen LogP contribution in [0.15, 0.2) is 42.7 Å². The zero-order valence-corrected chi connectivity index (χ0v) is 13.4. The van der Waals surface area contributed by atoms with Crippen LogP contribution in [0, 0.1) is 0 Å². The monoisotopic (exact) mass is 329 g/mol. The van der Waals surface area contributed by atoms with Crippen LogP contribution in [0.3, 0.4) is 0 Å². The molecule has 0 radical (unpaired) electrons. The molecule has 1 aliphatic rings. The Morgan fingerprint density at radius 3 is 2.70 bits per heavy atom. The molecule has 1 saturated heterocycles. The van der Waals surface area contributed by atoms with Gasteiger partial charge in [0.15, 0.2) is 0 Å². The van der Waals surface area contributed by atoms with E-state index in [0.29, 0.717) is 17.1 Å². The van der Waals surface area contributed by atoms with E-state index >= 15 is 0 Å². The van der Waals surface area contributed by atoms with Crippen LogP contribution in [0.5, 0.6) is 0 Å². The Hall–Kier alpha value is -2.40. The average Bonchev–Trinajstić information content (AvgIpc) is 2.54. The van der Waals surface area contributed by atoms with Gasteiger partial charge in [0.1, 0.15) is 0 Å². The molecule has 1 aliphatic heterocycles. The first-order valence-electron chi connectivity index (χ1n) is 7.32. The van der Waals surface area contributed by atoms with Crippen LogP contribution in [0.2, 0.25) is 5.02 Å². The molecule has 6 heteroatoms. The van der Waals surface area contributed by atoms with Gasteiger partial charge in [0.2, 0.25) is 5.91 Å². The number of carbonyl (C=O) groups is 2. The van der Waals surface area contributed by atoms with Gasteiger partial charge >= 0.3 is 0 Å². The summed E-state index contributed by atoms with van der Waals surface area (Å²) in [6, 6.07) is 9.08. The standard InChI is InChI=1S/C17H16ClN3O2/c1-11-9-21(10-16(22)20-11)17(23)14-6-13(7-19-8-14)12-2-4-15(18)5-3-12/h2-8,11H,9-10H2,1H3,(H,20,22). The number of benzene rings is 1. The van der Waals surface area contributed by atoms with E-state index in [0.717, 1.165) is 11.1 Å². The Bertz CT molecular complexity index is 746. The molecule has 118 valence electrons. The fourth-order valence-electron chi connectivity index (χ4n) is 2.63. The third kappa shape index (κ3) is 3.51.